The number of nitrogens with zero attached hydrogens (tertiary/aromatic N) is 1. The quantitative estimate of drug-likeness (QED) is 0.591. The molecule has 0 saturated carbocycles. The van der Waals surface area contributed by atoms with E-state index >= 15 is 0 Å². The minimum Gasteiger partial charge on any atom is -0.497 e. The number of rotatable bonds is 8. The standard InChI is InChI=1S/C22H24N2O3S/c1-4-20(27-18-10-8-17(26-3)9-11-18)21(25)24-22-23-14-19(28-22)13-16-7-5-6-15(2)12-16/h5-12,14,20H,4,13H2,1-3H3,(H,23,24,25). The number of anilines is 1. The summed E-state index contributed by atoms with van der Waals surface area (Å²) in [6, 6.07) is 15.6. The number of benzene rings is 2. The number of carbonyl (C=O) groups is 1. The predicted molar refractivity (Wildman–Crippen MR) is 112 cm³/mol. The van der Waals surface area contributed by atoms with Crippen LogP contribution in [0.1, 0.15) is 29.3 Å². The Bertz CT molecular complexity index is 922. The number of thiazole rings is 1. The Morgan fingerprint density at radius 2 is 1.93 bits per heavy atom. The number of methoxy groups -OCH3 is 1. The first-order valence-corrected chi connectivity index (χ1v) is 10.0. The first kappa shape index (κ1) is 19.9. The van der Waals surface area contributed by atoms with Crippen molar-refractivity contribution in [2.24, 2.45) is 0 Å². The fraction of sp³-hybridized carbons (Fsp3) is 0.273. The minimum atomic E-state index is -0.586. The van der Waals surface area contributed by atoms with E-state index in [-0.39, 0.29) is 5.91 Å². The van der Waals surface area contributed by atoms with Crippen LogP contribution in [0.25, 0.3) is 0 Å². The van der Waals surface area contributed by atoms with Gasteiger partial charge in [-0.1, -0.05) is 36.8 Å². The van der Waals surface area contributed by atoms with Gasteiger partial charge < -0.3 is 9.47 Å². The molecule has 0 radical (unpaired) electrons. The van der Waals surface area contributed by atoms with E-state index in [4.69, 9.17) is 9.47 Å². The zero-order valence-electron chi connectivity index (χ0n) is 16.3. The number of hydrogen-bond acceptors (Lipinski definition) is 5. The summed E-state index contributed by atoms with van der Waals surface area (Å²) < 4.78 is 11.0. The summed E-state index contributed by atoms with van der Waals surface area (Å²) >= 11 is 1.49. The predicted octanol–water partition coefficient (Wildman–Crippen LogP) is 4.85. The molecule has 1 amide bonds. The maximum atomic E-state index is 12.6. The van der Waals surface area contributed by atoms with E-state index < -0.39 is 6.10 Å². The highest BCUT2D eigenvalue weighted by Gasteiger charge is 2.20. The highest BCUT2D eigenvalue weighted by Crippen LogP contribution is 2.23. The third kappa shape index (κ3) is 5.33. The van der Waals surface area contributed by atoms with Crippen molar-refractivity contribution in [2.75, 3.05) is 12.4 Å². The maximum absolute atomic E-state index is 12.6. The van der Waals surface area contributed by atoms with Crippen molar-refractivity contribution < 1.29 is 14.3 Å². The lowest BCUT2D eigenvalue weighted by Gasteiger charge is -2.16. The highest BCUT2D eigenvalue weighted by molar-refractivity contribution is 7.15. The van der Waals surface area contributed by atoms with Gasteiger partial charge in [0.1, 0.15) is 11.5 Å². The van der Waals surface area contributed by atoms with Gasteiger partial charge >= 0.3 is 0 Å². The molecule has 3 rings (SSSR count). The monoisotopic (exact) mass is 396 g/mol. The number of aryl methyl sites for hydroxylation is 1. The van der Waals surface area contributed by atoms with E-state index in [2.05, 4.69) is 41.5 Å². The first-order valence-electron chi connectivity index (χ1n) is 9.19. The molecule has 1 N–H and O–H groups in total. The summed E-state index contributed by atoms with van der Waals surface area (Å²) in [6.45, 7) is 3.99. The molecule has 0 aliphatic heterocycles. The van der Waals surface area contributed by atoms with Gasteiger partial charge in [-0.3, -0.25) is 10.1 Å². The third-order valence-electron chi connectivity index (χ3n) is 4.25. The molecule has 1 heterocycles. The Hall–Kier alpha value is -2.86. The lowest BCUT2D eigenvalue weighted by Crippen LogP contribution is -2.32. The van der Waals surface area contributed by atoms with Gasteiger partial charge in [0, 0.05) is 17.5 Å². The summed E-state index contributed by atoms with van der Waals surface area (Å²) in [6.07, 6.45) is 2.58. The third-order valence-corrected chi connectivity index (χ3v) is 5.16. The van der Waals surface area contributed by atoms with Crippen LogP contribution in [-0.4, -0.2) is 24.1 Å². The van der Waals surface area contributed by atoms with Gasteiger partial charge in [-0.2, -0.15) is 0 Å². The smallest absolute Gasteiger partial charge is 0.267 e. The molecule has 0 bridgehead atoms. The molecule has 0 spiro atoms. The van der Waals surface area contributed by atoms with Crippen LogP contribution in [0.4, 0.5) is 5.13 Å². The Balaban J connectivity index is 1.60. The Kier molecular flexibility index (Phi) is 6.66. The van der Waals surface area contributed by atoms with E-state index in [0.29, 0.717) is 17.3 Å². The van der Waals surface area contributed by atoms with Crippen LogP contribution < -0.4 is 14.8 Å². The largest absolute Gasteiger partial charge is 0.497 e. The summed E-state index contributed by atoms with van der Waals surface area (Å²) in [5.74, 6) is 1.17. The van der Waals surface area contributed by atoms with Crippen molar-refractivity contribution in [2.45, 2.75) is 32.8 Å². The fourth-order valence-electron chi connectivity index (χ4n) is 2.80. The van der Waals surface area contributed by atoms with Crippen LogP contribution in [0.3, 0.4) is 0 Å². The summed E-state index contributed by atoms with van der Waals surface area (Å²) in [7, 11) is 1.61. The number of nitrogens with one attached hydrogen (secondary N) is 1. The molecule has 5 nitrogen and oxygen atoms in total. The van der Waals surface area contributed by atoms with Gasteiger partial charge in [-0.05, 0) is 43.2 Å². The molecular weight excluding hydrogens is 372 g/mol. The van der Waals surface area contributed by atoms with Crippen LogP contribution in [0.15, 0.2) is 54.7 Å². The van der Waals surface area contributed by atoms with E-state index in [1.54, 1.807) is 31.4 Å². The second-order valence-electron chi connectivity index (χ2n) is 6.48. The van der Waals surface area contributed by atoms with Crippen LogP contribution >= 0.6 is 11.3 Å². The van der Waals surface area contributed by atoms with Gasteiger partial charge in [-0.25, -0.2) is 4.98 Å². The van der Waals surface area contributed by atoms with Crippen molar-refractivity contribution in [3.05, 3.63) is 70.7 Å². The first-order chi connectivity index (χ1) is 13.6. The molecule has 28 heavy (non-hydrogen) atoms. The Labute approximate surface area is 169 Å². The fourth-order valence-corrected chi connectivity index (χ4v) is 3.65. The molecule has 146 valence electrons. The van der Waals surface area contributed by atoms with Crippen molar-refractivity contribution in [3.63, 3.8) is 0 Å². The van der Waals surface area contributed by atoms with E-state index in [1.165, 1.54) is 22.5 Å². The summed E-state index contributed by atoms with van der Waals surface area (Å²) in [5.41, 5.74) is 2.47. The van der Waals surface area contributed by atoms with Gasteiger partial charge in [0.05, 0.1) is 7.11 Å². The van der Waals surface area contributed by atoms with Crippen molar-refractivity contribution >= 4 is 22.4 Å². The number of amides is 1. The van der Waals surface area contributed by atoms with Gasteiger partial charge in [0.15, 0.2) is 11.2 Å². The second kappa shape index (κ2) is 9.37. The van der Waals surface area contributed by atoms with Gasteiger partial charge in [-0.15, -0.1) is 11.3 Å². The van der Waals surface area contributed by atoms with Crippen LogP contribution in [0.5, 0.6) is 11.5 Å². The normalized spacial score (nSPS) is 11.7. The molecule has 1 aromatic heterocycles. The number of carbonyl (C=O) groups excluding carboxylic acids is 1. The van der Waals surface area contributed by atoms with E-state index in [9.17, 15) is 4.79 Å². The van der Waals surface area contributed by atoms with Crippen molar-refractivity contribution in [1.29, 1.82) is 0 Å². The summed E-state index contributed by atoms with van der Waals surface area (Å²) in [4.78, 5) is 18.0. The highest BCUT2D eigenvalue weighted by atomic mass is 32.1. The molecule has 1 atom stereocenters. The average Bonchev–Trinajstić information content (AvgIpc) is 3.13. The zero-order chi connectivity index (χ0) is 19.9. The molecule has 6 heteroatoms. The lowest BCUT2D eigenvalue weighted by molar-refractivity contribution is -0.122. The molecule has 0 aliphatic carbocycles. The molecule has 0 fully saturated rings. The lowest BCUT2D eigenvalue weighted by atomic mass is 10.1. The summed E-state index contributed by atoms with van der Waals surface area (Å²) in [5, 5.41) is 3.46. The van der Waals surface area contributed by atoms with Crippen LogP contribution in [-0.2, 0) is 11.2 Å². The number of hydrogen-bond donors (Lipinski definition) is 1. The number of aromatic nitrogens is 1. The van der Waals surface area contributed by atoms with Crippen molar-refractivity contribution in [3.8, 4) is 11.5 Å². The van der Waals surface area contributed by atoms with Crippen LogP contribution in [0, 0.1) is 6.92 Å². The molecule has 1 unspecified atom stereocenters. The van der Waals surface area contributed by atoms with E-state index in [1.807, 2.05) is 13.1 Å². The van der Waals surface area contributed by atoms with Crippen molar-refractivity contribution in [1.82, 2.24) is 4.98 Å². The Morgan fingerprint density at radius 1 is 1.18 bits per heavy atom. The Morgan fingerprint density at radius 3 is 2.61 bits per heavy atom. The number of ether oxygens (including phenoxy) is 2. The van der Waals surface area contributed by atoms with E-state index in [0.717, 1.165) is 17.0 Å². The average molecular weight is 397 g/mol. The zero-order valence-corrected chi connectivity index (χ0v) is 17.1. The SMILES string of the molecule is CCC(Oc1ccc(OC)cc1)C(=O)Nc1ncc(Cc2cccc(C)c2)s1. The van der Waals surface area contributed by atoms with Gasteiger partial charge in [0.2, 0.25) is 0 Å². The molecule has 2 aromatic carbocycles. The molecular formula is C22H24N2O3S. The minimum absolute atomic E-state index is 0.199. The topological polar surface area (TPSA) is 60.5 Å². The second-order valence-corrected chi connectivity index (χ2v) is 7.59. The molecule has 0 saturated heterocycles. The van der Waals surface area contributed by atoms with Crippen LogP contribution in [0.2, 0.25) is 0 Å². The molecule has 3 aromatic rings. The van der Waals surface area contributed by atoms with Gasteiger partial charge in [0.25, 0.3) is 5.91 Å². The molecule has 0 aliphatic rings. The maximum Gasteiger partial charge on any atom is 0.267 e.